The maximum Gasteiger partial charge on any atom is 0.490 e. The molecule has 3 aliphatic rings. The lowest BCUT2D eigenvalue weighted by Gasteiger charge is -2.34. The molecule has 1 N–H and O–H groups in total. The van der Waals surface area contributed by atoms with E-state index < -0.39 is 12.1 Å². The van der Waals surface area contributed by atoms with Crippen LogP contribution in [0.1, 0.15) is 31.2 Å². The number of fused-ring (bicyclic) bond motifs is 1. The number of carbonyl (C=O) groups is 2. The average Bonchev–Trinajstić information content (AvgIpc) is 3.32. The Kier molecular flexibility index (Phi) is 7.42. The highest BCUT2D eigenvalue weighted by Gasteiger charge is 2.48. The lowest BCUT2D eigenvalue weighted by atomic mass is 10.00. The van der Waals surface area contributed by atoms with Gasteiger partial charge in [0.1, 0.15) is 5.75 Å². The molecule has 1 aromatic carbocycles. The zero-order chi connectivity index (χ0) is 22.6. The van der Waals surface area contributed by atoms with Crippen LogP contribution in [-0.4, -0.2) is 78.0 Å². The minimum Gasteiger partial charge on any atom is -0.497 e. The maximum absolute atomic E-state index is 12.2. The van der Waals surface area contributed by atoms with E-state index >= 15 is 0 Å². The first-order valence-corrected chi connectivity index (χ1v) is 10.3. The van der Waals surface area contributed by atoms with Gasteiger partial charge in [0.25, 0.3) is 0 Å². The highest BCUT2D eigenvalue weighted by molar-refractivity contribution is 5.78. The van der Waals surface area contributed by atoms with Gasteiger partial charge in [0.15, 0.2) is 0 Å². The van der Waals surface area contributed by atoms with Crippen molar-refractivity contribution < 1.29 is 37.3 Å². The molecule has 0 aromatic heterocycles. The van der Waals surface area contributed by atoms with Crippen molar-refractivity contribution in [1.29, 1.82) is 0 Å². The Morgan fingerprint density at radius 1 is 1.23 bits per heavy atom. The summed E-state index contributed by atoms with van der Waals surface area (Å²) in [5.74, 6) is -1.56. The van der Waals surface area contributed by atoms with Gasteiger partial charge >= 0.3 is 12.1 Å². The van der Waals surface area contributed by atoms with E-state index in [4.69, 9.17) is 19.4 Å². The third kappa shape index (κ3) is 5.68. The van der Waals surface area contributed by atoms with Crippen molar-refractivity contribution in [1.82, 2.24) is 9.80 Å². The van der Waals surface area contributed by atoms with E-state index in [1.54, 1.807) is 7.11 Å². The fourth-order valence-corrected chi connectivity index (χ4v) is 4.47. The number of benzene rings is 1. The molecule has 3 saturated heterocycles. The first kappa shape index (κ1) is 23.3. The van der Waals surface area contributed by atoms with E-state index in [9.17, 15) is 18.0 Å². The number of methoxy groups -OCH3 is 1. The SMILES string of the molecule is COc1ccc(CN2C[C@H](N3CCCC3=O)[C@@H]3OCCC[C@@H]32)cc1.O=C(O)C(F)(F)F. The second-order valence-electron chi connectivity index (χ2n) is 7.88. The number of carbonyl (C=O) groups excluding carboxylic acids is 1. The number of rotatable bonds is 4. The van der Waals surface area contributed by atoms with Gasteiger partial charge in [0.2, 0.25) is 5.91 Å². The Hall–Kier alpha value is -2.33. The molecule has 7 nitrogen and oxygen atoms in total. The second kappa shape index (κ2) is 9.86. The van der Waals surface area contributed by atoms with Gasteiger partial charge in [-0.2, -0.15) is 13.2 Å². The molecule has 172 valence electrons. The number of hydrogen-bond acceptors (Lipinski definition) is 5. The van der Waals surface area contributed by atoms with E-state index in [0.29, 0.717) is 18.4 Å². The van der Waals surface area contributed by atoms with E-state index in [1.165, 1.54) is 12.0 Å². The Morgan fingerprint density at radius 3 is 2.45 bits per heavy atom. The van der Waals surface area contributed by atoms with Crippen LogP contribution < -0.4 is 4.74 Å². The Balaban J connectivity index is 0.000000339. The van der Waals surface area contributed by atoms with Gasteiger partial charge in [-0.3, -0.25) is 9.69 Å². The van der Waals surface area contributed by atoms with Crippen LogP contribution in [0.5, 0.6) is 5.75 Å². The number of hydrogen-bond donors (Lipinski definition) is 1. The number of amides is 1. The molecule has 0 aliphatic carbocycles. The molecule has 3 heterocycles. The summed E-state index contributed by atoms with van der Waals surface area (Å²) in [5.41, 5.74) is 1.29. The number of carboxylic acid groups (broad SMARTS) is 1. The van der Waals surface area contributed by atoms with Crippen LogP contribution in [0.15, 0.2) is 24.3 Å². The second-order valence-corrected chi connectivity index (χ2v) is 7.88. The summed E-state index contributed by atoms with van der Waals surface area (Å²) in [6.07, 6.45) is -0.934. The number of carboxylic acids is 1. The van der Waals surface area contributed by atoms with Crippen molar-refractivity contribution in [2.45, 2.75) is 56.6 Å². The molecule has 0 radical (unpaired) electrons. The first-order valence-electron chi connectivity index (χ1n) is 10.3. The number of halogens is 3. The number of ether oxygens (including phenoxy) is 2. The zero-order valence-corrected chi connectivity index (χ0v) is 17.3. The predicted molar refractivity (Wildman–Crippen MR) is 105 cm³/mol. The van der Waals surface area contributed by atoms with Crippen LogP contribution in [0.3, 0.4) is 0 Å². The topological polar surface area (TPSA) is 79.3 Å². The molecule has 1 aromatic rings. The van der Waals surface area contributed by atoms with E-state index in [-0.39, 0.29) is 12.1 Å². The van der Waals surface area contributed by atoms with Gasteiger partial charge in [-0.25, -0.2) is 4.79 Å². The Morgan fingerprint density at radius 2 is 1.90 bits per heavy atom. The molecule has 0 bridgehead atoms. The van der Waals surface area contributed by atoms with E-state index in [2.05, 4.69) is 21.9 Å². The lowest BCUT2D eigenvalue weighted by molar-refractivity contribution is -0.192. The van der Waals surface area contributed by atoms with E-state index in [0.717, 1.165) is 44.8 Å². The monoisotopic (exact) mass is 444 g/mol. The van der Waals surface area contributed by atoms with E-state index in [1.807, 2.05) is 12.1 Å². The number of likely N-dealkylation sites (tertiary alicyclic amines) is 2. The molecule has 31 heavy (non-hydrogen) atoms. The molecule has 0 spiro atoms. The number of nitrogens with zero attached hydrogens (tertiary/aromatic N) is 2. The summed E-state index contributed by atoms with van der Waals surface area (Å²) in [4.78, 5) is 25.7. The molecular weight excluding hydrogens is 417 g/mol. The van der Waals surface area contributed by atoms with Crippen LogP contribution in [0.25, 0.3) is 0 Å². The summed E-state index contributed by atoms with van der Waals surface area (Å²) < 4.78 is 43.1. The first-order chi connectivity index (χ1) is 14.7. The number of alkyl halides is 3. The van der Waals surface area contributed by atoms with Crippen molar-refractivity contribution in [3.8, 4) is 5.75 Å². The van der Waals surface area contributed by atoms with Crippen molar-refractivity contribution in [3.05, 3.63) is 29.8 Å². The maximum atomic E-state index is 12.2. The summed E-state index contributed by atoms with van der Waals surface area (Å²) in [6, 6.07) is 8.95. The molecule has 3 fully saturated rings. The van der Waals surface area contributed by atoms with Crippen molar-refractivity contribution in [2.24, 2.45) is 0 Å². The van der Waals surface area contributed by atoms with Gasteiger partial charge in [-0.05, 0) is 37.0 Å². The summed E-state index contributed by atoms with van der Waals surface area (Å²) >= 11 is 0. The highest BCUT2D eigenvalue weighted by Crippen LogP contribution is 2.34. The Labute approximate surface area is 178 Å². The van der Waals surface area contributed by atoms with Gasteiger partial charge in [0.05, 0.1) is 19.3 Å². The fourth-order valence-electron chi connectivity index (χ4n) is 4.47. The summed E-state index contributed by atoms with van der Waals surface area (Å²) in [5, 5.41) is 7.12. The van der Waals surface area contributed by atoms with Crippen molar-refractivity contribution >= 4 is 11.9 Å². The standard InChI is InChI=1S/C19H26N2O3.C2HF3O2/c1-23-15-8-6-14(7-9-15)12-20-13-17(21-10-2-5-18(21)22)19-16(20)4-3-11-24-19;3-2(4,5)1(6)7/h6-9,16-17,19H,2-5,10-13H2,1H3;(H,6,7)/t16-,17-,19+;/m0./s1. The molecular formula is C21H27F3N2O5. The lowest BCUT2D eigenvalue weighted by Crippen LogP contribution is -2.48. The average molecular weight is 444 g/mol. The molecule has 0 unspecified atom stereocenters. The minimum absolute atomic E-state index is 0.180. The molecule has 4 rings (SSSR count). The van der Waals surface area contributed by atoms with Crippen LogP contribution in [0.4, 0.5) is 13.2 Å². The third-order valence-electron chi connectivity index (χ3n) is 5.90. The number of aliphatic carboxylic acids is 1. The van der Waals surface area contributed by atoms with Gasteiger partial charge in [-0.15, -0.1) is 0 Å². The molecule has 3 atom stereocenters. The van der Waals surface area contributed by atoms with Crippen LogP contribution in [0, 0.1) is 0 Å². The van der Waals surface area contributed by atoms with Crippen molar-refractivity contribution in [2.75, 3.05) is 26.8 Å². The van der Waals surface area contributed by atoms with Gasteiger partial charge in [-0.1, -0.05) is 12.1 Å². The van der Waals surface area contributed by atoms with Gasteiger partial charge < -0.3 is 19.5 Å². The highest BCUT2D eigenvalue weighted by atomic mass is 19.4. The van der Waals surface area contributed by atoms with Crippen LogP contribution in [0.2, 0.25) is 0 Å². The fraction of sp³-hybridized carbons (Fsp3) is 0.619. The minimum atomic E-state index is -5.08. The molecule has 10 heteroatoms. The smallest absolute Gasteiger partial charge is 0.490 e. The normalized spacial score (nSPS) is 26.3. The predicted octanol–water partition coefficient (Wildman–Crippen LogP) is 2.68. The molecule has 3 aliphatic heterocycles. The molecule has 0 saturated carbocycles. The summed E-state index contributed by atoms with van der Waals surface area (Å²) in [7, 11) is 1.69. The molecule has 1 amide bonds. The third-order valence-corrected chi connectivity index (χ3v) is 5.90. The quantitative estimate of drug-likeness (QED) is 0.770. The zero-order valence-electron chi connectivity index (χ0n) is 17.3. The van der Waals surface area contributed by atoms with Crippen LogP contribution in [-0.2, 0) is 20.9 Å². The Bertz CT molecular complexity index is 771. The van der Waals surface area contributed by atoms with Crippen molar-refractivity contribution in [3.63, 3.8) is 0 Å². The largest absolute Gasteiger partial charge is 0.497 e. The summed E-state index contributed by atoms with van der Waals surface area (Å²) in [6.45, 7) is 3.56. The van der Waals surface area contributed by atoms with Gasteiger partial charge in [0, 0.05) is 38.7 Å². The van der Waals surface area contributed by atoms with Crippen LogP contribution >= 0.6 is 0 Å².